The molecule has 0 aliphatic heterocycles. The standard InChI is InChI=1S/C22H22N2O4S/c1-16(20-13-6-7-14-21(20)28-2)23-22(25)17-9-8-10-18(15-17)24-29(26,27)19-11-4-3-5-12-19/h3-16,24H,1-2H3,(H,23,25)/t16-/m1/s1. The Kier molecular flexibility index (Phi) is 6.19. The number of nitrogens with one attached hydrogen (secondary N) is 2. The predicted molar refractivity (Wildman–Crippen MR) is 113 cm³/mol. The Morgan fingerprint density at radius 3 is 2.34 bits per heavy atom. The lowest BCUT2D eigenvalue weighted by molar-refractivity contribution is 0.0939. The first-order valence-corrected chi connectivity index (χ1v) is 10.5. The number of ether oxygens (including phenoxy) is 1. The molecule has 3 aromatic rings. The molecule has 0 aliphatic rings. The predicted octanol–water partition coefficient (Wildman–Crippen LogP) is 3.99. The van der Waals surface area contributed by atoms with Crippen LogP contribution in [0.3, 0.4) is 0 Å². The van der Waals surface area contributed by atoms with E-state index in [-0.39, 0.29) is 16.8 Å². The Balaban J connectivity index is 1.76. The highest BCUT2D eigenvalue weighted by atomic mass is 32.2. The van der Waals surface area contributed by atoms with E-state index >= 15 is 0 Å². The Morgan fingerprint density at radius 2 is 1.62 bits per heavy atom. The van der Waals surface area contributed by atoms with Crippen LogP contribution in [0.1, 0.15) is 28.9 Å². The van der Waals surface area contributed by atoms with Crippen LogP contribution < -0.4 is 14.8 Å². The van der Waals surface area contributed by atoms with Gasteiger partial charge in [-0.2, -0.15) is 0 Å². The highest BCUT2D eigenvalue weighted by molar-refractivity contribution is 7.92. The van der Waals surface area contributed by atoms with Crippen molar-refractivity contribution in [3.63, 3.8) is 0 Å². The monoisotopic (exact) mass is 410 g/mol. The topological polar surface area (TPSA) is 84.5 Å². The Labute approximate surface area is 170 Å². The zero-order chi connectivity index (χ0) is 20.9. The van der Waals surface area contributed by atoms with Gasteiger partial charge < -0.3 is 10.1 Å². The van der Waals surface area contributed by atoms with Gasteiger partial charge in [0.1, 0.15) is 5.75 Å². The van der Waals surface area contributed by atoms with E-state index in [1.54, 1.807) is 43.5 Å². The van der Waals surface area contributed by atoms with Gasteiger partial charge in [0.15, 0.2) is 0 Å². The lowest BCUT2D eigenvalue weighted by atomic mass is 10.1. The second kappa shape index (κ2) is 8.79. The average molecular weight is 410 g/mol. The van der Waals surface area contributed by atoms with E-state index < -0.39 is 10.0 Å². The number of amides is 1. The minimum Gasteiger partial charge on any atom is -0.496 e. The van der Waals surface area contributed by atoms with E-state index in [1.807, 2.05) is 31.2 Å². The normalized spacial score (nSPS) is 12.1. The summed E-state index contributed by atoms with van der Waals surface area (Å²) in [5.41, 5.74) is 1.51. The molecular weight excluding hydrogens is 388 g/mol. The molecule has 150 valence electrons. The molecule has 0 radical (unpaired) electrons. The molecule has 1 amide bonds. The van der Waals surface area contributed by atoms with Gasteiger partial charge in [-0.15, -0.1) is 0 Å². The Morgan fingerprint density at radius 1 is 0.931 bits per heavy atom. The lowest BCUT2D eigenvalue weighted by Gasteiger charge is -2.17. The maximum atomic E-state index is 12.7. The van der Waals surface area contributed by atoms with Crippen LogP contribution in [-0.2, 0) is 10.0 Å². The second-order valence-corrected chi connectivity index (χ2v) is 8.12. The Hall–Kier alpha value is -3.32. The maximum Gasteiger partial charge on any atom is 0.261 e. The van der Waals surface area contributed by atoms with E-state index in [0.29, 0.717) is 17.0 Å². The minimum atomic E-state index is -3.73. The summed E-state index contributed by atoms with van der Waals surface area (Å²) in [6.45, 7) is 1.86. The molecule has 0 aliphatic carbocycles. The summed E-state index contributed by atoms with van der Waals surface area (Å²) >= 11 is 0. The smallest absolute Gasteiger partial charge is 0.261 e. The molecule has 0 aromatic heterocycles. The molecule has 0 spiro atoms. The summed E-state index contributed by atoms with van der Waals surface area (Å²) in [7, 11) is -2.15. The molecule has 1 atom stereocenters. The molecule has 0 fully saturated rings. The van der Waals surface area contributed by atoms with Crippen molar-refractivity contribution in [3.8, 4) is 5.75 Å². The number of methoxy groups -OCH3 is 1. The van der Waals surface area contributed by atoms with Crippen molar-refractivity contribution in [1.29, 1.82) is 0 Å². The lowest BCUT2D eigenvalue weighted by Crippen LogP contribution is -2.27. The minimum absolute atomic E-state index is 0.152. The Bertz CT molecular complexity index is 1100. The SMILES string of the molecule is COc1ccccc1[C@@H](C)NC(=O)c1cccc(NS(=O)(=O)c2ccccc2)c1. The fraction of sp³-hybridized carbons (Fsp3) is 0.136. The molecule has 0 saturated carbocycles. The fourth-order valence-corrected chi connectivity index (χ4v) is 3.99. The van der Waals surface area contributed by atoms with Crippen LogP contribution in [0.2, 0.25) is 0 Å². The van der Waals surface area contributed by atoms with Gasteiger partial charge in [0.05, 0.1) is 18.0 Å². The van der Waals surface area contributed by atoms with Crippen molar-refractivity contribution >= 4 is 21.6 Å². The van der Waals surface area contributed by atoms with Crippen LogP contribution in [0, 0.1) is 0 Å². The van der Waals surface area contributed by atoms with Crippen LogP contribution in [0.25, 0.3) is 0 Å². The van der Waals surface area contributed by atoms with E-state index in [9.17, 15) is 13.2 Å². The van der Waals surface area contributed by atoms with Crippen molar-refractivity contribution in [2.75, 3.05) is 11.8 Å². The average Bonchev–Trinajstić information content (AvgIpc) is 2.74. The summed E-state index contributed by atoms with van der Waals surface area (Å²) < 4.78 is 32.8. The number of carbonyl (C=O) groups is 1. The van der Waals surface area contributed by atoms with E-state index in [2.05, 4.69) is 10.0 Å². The van der Waals surface area contributed by atoms with Gasteiger partial charge in [-0.05, 0) is 43.3 Å². The molecule has 2 N–H and O–H groups in total. The van der Waals surface area contributed by atoms with E-state index in [4.69, 9.17) is 4.74 Å². The number of carbonyl (C=O) groups excluding carboxylic acids is 1. The molecule has 0 bridgehead atoms. The largest absolute Gasteiger partial charge is 0.496 e. The number of para-hydroxylation sites is 1. The molecule has 0 unspecified atom stereocenters. The van der Waals surface area contributed by atoms with E-state index in [1.165, 1.54) is 18.2 Å². The van der Waals surface area contributed by atoms with Gasteiger partial charge in [-0.3, -0.25) is 9.52 Å². The summed E-state index contributed by atoms with van der Waals surface area (Å²) in [6.07, 6.45) is 0. The first-order chi connectivity index (χ1) is 13.9. The zero-order valence-electron chi connectivity index (χ0n) is 16.1. The van der Waals surface area contributed by atoms with Gasteiger partial charge in [0, 0.05) is 16.8 Å². The molecule has 0 heterocycles. The van der Waals surface area contributed by atoms with Crippen LogP contribution in [0.4, 0.5) is 5.69 Å². The van der Waals surface area contributed by atoms with Crippen molar-refractivity contribution in [3.05, 3.63) is 90.0 Å². The highest BCUT2D eigenvalue weighted by Crippen LogP contribution is 2.25. The zero-order valence-corrected chi connectivity index (χ0v) is 16.9. The molecule has 6 nitrogen and oxygen atoms in total. The number of rotatable bonds is 7. The van der Waals surface area contributed by atoms with Crippen LogP contribution in [-0.4, -0.2) is 21.4 Å². The van der Waals surface area contributed by atoms with Crippen LogP contribution in [0.15, 0.2) is 83.8 Å². The number of anilines is 1. The summed E-state index contributed by atoms with van der Waals surface area (Å²) in [4.78, 5) is 12.8. The molecule has 29 heavy (non-hydrogen) atoms. The van der Waals surface area contributed by atoms with Crippen molar-refractivity contribution in [2.45, 2.75) is 17.9 Å². The molecular formula is C22H22N2O4S. The van der Waals surface area contributed by atoms with Crippen LogP contribution >= 0.6 is 0 Å². The number of sulfonamides is 1. The third kappa shape index (κ3) is 4.94. The van der Waals surface area contributed by atoms with Crippen molar-refractivity contribution in [2.24, 2.45) is 0 Å². The molecule has 3 rings (SSSR count). The van der Waals surface area contributed by atoms with Gasteiger partial charge >= 0.3 is 0 Å². The summed E-state index contributed by atoms with van der Waals surface area (Å²) in [6, 6.07) is 21.6. The summed E-state index contributed by atoms with van der Waals surface area (Å²) in [5, 5.41) is 2.91. The van der Waals surface area contributed by atoms with Crippen molar-refractivity contribution in [1.82, 2.24) is 5.32 Å². The second-order valence-electron chi connectivity index (χ2n) is 6.44. The van der Waals surface area contributed by atoms with E-state index in [0.717, 1.165) is 5.56 Å². The molecule has 7 heteroatoms. The third-order valence-electron chi connectivity index (χ3n) is 4.38. The number of benzene rings is 3. The third-order valence-corrected chi connectivity index (χ3v) is 5.78. The van der Waals surface area contributed by atoms with Gasteiger partial charge in [0.25, 0.3) is 15.9 Å². The molecule has 0 saturated heterocycles. The quantitative estimate of drug-likeness (QED) is 0.617. The van der Waals surface area contributed by atoms with Crippen LogP contribution in [0.5, 0.6) is 5.75 Å². The first kappa shape index (κ1) is 20.4. The van der Waals surface area contributed by atoms with Gasteiger partial charge in [-0.25, -0.2) is 8.42 Å². The summed E-state index contributed by atoms with van der Waals surface area (Å²) in [5.74, 6) is 0.369. The number of hydrogen-bond acceptors (Lipinski definition) is 4. The molecule has 3 aromatic carbocycles. The highest BCUT2D eigenvalue weighted by Gasteiger charge is 2.17. The number of hydrogen-bond donors (Lipinski definition) is 2. The first-order valence-electron chi connectivity index (χ1n) is 9.02. The maximum absolute atomic E-state index is 12.7. The van der Waals surface area contributed by atoms with Gasteiger partial charge in [-0.1, -0.05) is 42.5 Å². The fourth-order valence-electron chi connectivity index (χ4n) is 2.92. The van der Waals surface area contributed by atoms with Crippen molar-refractivity contribution < 1.29 is 17.9 Å². The van der Waals surface area contributed by atoms with Gasteiger partial charge in [0.2, 0.25) is 0 Å².